The number of halogens is 1. The molecule has 140 valence electrons. The van der Waals surface area contributed by atoms with Crippen molar-refractivity contribution in [1.82, 2.24) is 20.1 Å². The number of anilines is 1. The Morgan fingerprint density at radius 3 is 2.93 bits per heavy atom. The Morgan fingerprint density at radius 2 is 2.11 bits per heavy atom. The monoisotopic (exact) mass is 377 g/mol. The molecule has 0 radical (unpaired) electrons. The maximum Gasteiger partial charge on any atom is 0.252 e. The molecule has 0 bridgehead atoms. The van der Waals surface area contributed by atoms with Gasteiger partial charge in [0.1, 0.15) is 11.6 Å². The maximum absolute atomic E-state index is 14.5. The third kappa shape index (κ3) is 2.34. The molecule has 1 aromatic rings. The first kappa shape index (κ1) is 16.4. The third-order valence-electron chi connectivity index (χ3n) is 5.16. The fourth-order valence-electron chi connectivity index (χ4n) is 3.93. The smallest absolute Gasteiger partial charge is 0.252 e. The number of nitrogens with two attached hydrogens (primary N) is 1. The minimum atomic E-state index is -0.524. The van der Waals surface area contributed by atoms with Crippen molar-refractivity contribution in [2.45, 2.75) is 12.0 Å². The SMILES string of the molecule is Nc1ncc2cccc3c4c(n-2[nH]1)C=CC(c1ccc(O)cc1F)C4NC3=O. The molecule has 1 aliphatic carbocycles. The number of rotatable bonds is 1. The van der Waals surface area contributed by atoms with Crippen LogP contribution in [0.5, 0.6) is 5.75 Å². The summed E-state index contributed by atoms with van der Waals surface area (Å²) in [4.78, 5) is 16.7. The Morgan fingerprint density at radius 1 is 1.25 bits per heavy atom. The van der Waals surface area contributed by atoms with Crippen molar-refractivity contribution in [2.24, 2.45) is 0 Å². The van der Waals surface area contributed by atoms with Crippen LogP contribution in [0.4, 0.5) is 10.3 Å². The summed E-state index contributed by atoms with van der Waals surface area (Å²) in [5.74, 6) is -1.08. The summed E-state index contributed by atoms with van der Waals surface area (Å²) in [6.07, 6.45) is 5.32. The molecule has 2 unspecified atom stereocenters. The molecule has 1 amide bonds. The van der Waals surface area contributed by atoms with Gasteiger partial charge in [-0.05, 0) is 29.8 Å². The highest BCUT2D eigenvalue weighted by molar-refractivity contribution is 6.00. The van der Waals surface area contributed by atoms with Crippen molar-refractivity contribution in [1.29, 1.82) is 0 Å². The van der Waals surface area contributed by atoms with Crippen LogP contribution in [0.25, 0.3) is 11.8 Å². The average molecular weight is 377 g/mol. The number of phenolic OH excluding ortho intramolecular Hbond substituents is 1. The Bertz CT molecular complexity index is 1180. The molecular weight excluding hydrogens is 361 g/mol. The van der Waals surface area contributed by atoms with E-state index in [2.05, 4.69) is 15.4 Å². The standard InChI is InChI=1S/C20H16FN5O2/c21-15-8-11(27)4-5-12(15)13-6-7-16-17-14(19(28)24-18(13)17)3-1-2-10-9-23-20(22)25-26(10)16/h1-9,13,18,27H,(H,24,28)(H3,22,23,25). The molecule has 3 aliphatic heterocycles. The molecule has 0 saturated heterocycles. The molecule has 0 saturated carbocycles. The molecule has 0 spiro atoms. The molecule has 28 heavy (non-hydrogen) atoms. The summed E-state index contributed by atoms with van der Waals surface area (Å²) in [7, 11) is 0. The lowest BCUT2D eigenvalue weighted by Gasteiger charge is -2.28. The fourth-order valence-corrected chi connectivity index (χ4v) is 3.93. The molecule has 1 aromatic carbocycles. The highest BCUT2D eigenvalue weighted by atomic mass is 19.1. The van der Waals surface area contributed by atoms with Crippen LogP contribution in [0.1, 0.15) is 39.1 Å². The number of fused-ring (bicyclic) bond motifs is 2. The predicted molar refractivity (Wildman–Crippen MR) is 101 cm³/mol. The second-order valence-corrected chi connectivity index (χ2v) is 6.80. The van der Waals surface area contributed by atoms with Gasteiger partial charge in [0.05, 0.1) is 23.6 Å². The summed E-state index contributed by atoms with van der Waals surface area (Å²) in [5, 5.41) is 15.5. The van der Waals surface area contributed by atoms with Crippen molar-refractivity contribution in [3.8, 4) is 11.4 Å². The first-order valence-electron chi connectivity index (χ1n) is 8.73. The zero-order chi connectivity index (χ0) is 19.4. The maximum atomic E-state index is 14.5. The molecule has 5 N–H and O–H groups in total. The van der Waals surface area contributed by atoms with E-state index in [4.69, 9.17) is 5.73 Å². The molecule has 2 atom stereocenters. The molecule has 3 heterocycles. The topological polar surface area (TPSA) is 109 Å². The van der Waals surface area contributed by atoms with Gasteiger partial charge in [-0.1, -0.05) is 18.2 Å². The number of phenols is 1. The number of aromatic nitrogens is 3. The van der Waals surface area contributed by atoms with Crippen molar-refractivity contribution in [3.63, 3.8) is 0 Å². The Labute approximate surface area is 159 Å². The minimum Gasteiger partial charge on any atom is -0.508 e. The van der Waals surface area contributed by atoms with Crippen LogP contribution in [-0.4, -0.2) is 25.8 Å². The number of H-pyrrole nitrogens is 1. The first-order valence-corrected chi connectivity index (χ1v) is 8.73. The van der Waals surface area contributed by atoms with Crippen molar-refractivity contribution >= 4 is 17.9 Å². The molecule has 4 aliphatic rings. The highest BCUT2D eigenvalue weighted by Gasteiger charge is 2.39. The van der Waals surface area contributed by atoms with E-state index in [0.717, 1.165) is 23.0 Å². The number of hydrogen-bond acceptors (Lipinski definition) is 4. The molecular formula is C20H16FN5O2. The van der Waals surface area contributed by atoms with Gasteiger partial charge in [-0.2, -0.15) is 0 Å². The fraction of sp³-hybridized carbons (Fsp3) is 0.100. The third-order valence-corrected chi connectivity index (χ3v) is 5.16. The van der Waals surface area contributed by atoms with E-state index in [9.17, 15) is 14.3 Å². The van der Waals surface area contributed by atoms with Gasteiger partial charge in [-0.3, -0.25) is 14.6 Å². The summed E-state index contributed by atoms with van der Waals surface area (Å²) < 4.78 is 16.3. The highest BCUT2D eigenvalue weighted by Crippen LogP contribution is 2.44. The normalized spacial score (nSPS) is 19.4. The lowest BCUT2D eigenvalue weighted by atomic mass is 9.82. The quantitative estimate of drug-likeness (QED) is 0.523. The van der Waals surface area contributed by atoms with E-state index in [1.165, 1.54) is 12.1 Å². The zero-order valence-electron chi connectivity index (χ0n) is 14.6. The van der Waals surface area contributed by atoms with Crippen LogP contribution in [0, 0.1) is 5.82 Å². The first-order chi connectivity index (χ1) is 13.5. The van der Waals surface area contributed by atoms with Gasteiger partial charge in [0.15, 0.2) is 0 Å². The van der Waals surface area contributed by atoms with E-state index in [-0.39, 0.29) is 17.6 Å². The van der Waals surface area contributed by atoms with E-state index < -0.39 is 17.8 Å². The average Bonchev–Trinajstić information content (AvgIpc) is 2.97. The Hall–Kier alpha value is -3.81. The largest absolute Gasteiger partial charge is 0.508 e. The summed E-state index contributed by atoms with van der Waals surface area (Å²) in [6.45, 7) is 0. The Balaban J connectivity index is 1.79. The summed E-state index contributed by atoms with van der Waals surface area (Å²) >= 11 is 0. The van der Waals surface area contributed by atoms with Crippen LogP contribution in [0.2, 0.25) is 0 Å². The molecule has 0 fully saturated rings. The number of aromatic amines is 1. The van der Waals surface area contributed by atoms with Crippen molar-refractivity contribution in [3.05, 3.63) is 76.9 Å². The van der Waals surface area contributed by atoms with Gasteiger partial charge in [0.2, 0.25) is 5.95 Å². The zero-order valence-corrected chi connectivity index (χ0v) is 14.6. The molecule has 0 aromatic heterocycles. The molecule has 8 heteroatoms. The van der Waals surface area contributed by atoms with Crippen molar-refractivity contribution < 1.29 is 14.3 Å². The summed E-state index contributed by atoms with van der Waals surface area (Å²) in [6, 6.07) is 8.94. The second-order valence-electron chi connectivity index (χ2n) is 6.80. The van der Waals surface area contributed by atoms with Crippen LogP contribution in [0.3, 0.4) is 0 Å². The van der Waals surface area contributed by atoms with Gasteiger partial charge in [-0.25, -0.2) is 9.37 Å². The van der Waals surface area contributed by atoms with E-state index in [0.29, 0.717) is 11.1 Å². The second kappa shape index (κ2) is 5.85. The van der Waals surface area contributed by atoms with Crippen LogP contribution in [0.15, 0.2) is 48.7 Å². The number of nitrogens with one attached hydrogen (secondary N) is 2. The minimum absolute atomic E-state index is 0.143. The van der Waals surface area contributed by atoms with Crippen LogP contribution >= 0.6 is 0 Å². The van der Waals surface area contributed by atoms with Gasteiger partial charge in [-0.15, -0.1) is 0 Å². The molecule has 7 nitrogen and oxygen atoms in total. The lowest BCUT2D eigenvalue weighted by molar-refractivity contribution is 0.0954. The van der Waals surface area contributed by atoms with E-state index in [1.807, 2.05) is 18.2 Å². The van der Waals surface area contributed by atoms with Gasteiger partial charge in [0, 0.05) is 23.1 Å². The number of amides is 1. The summed E-state index contributed by atoms with van der Waals surface area (Å²) in [5.41, 5.74) is 8.99. The lowest BCUT2D eigenvalue weighted by Crippen LogP contribution is -2.26. The van der Waals surface area contributed by atoms with Crippen LogP contribution in [-0.2, 0) is 0 Å². The number of hydrogen-bond donors (Lipinski definition) is 4. The number of nitrogens with zero attached hydrogens (tertiary/aromatic N) is 2. The van der Waals surface area contributed by atoms with E-state index in [1.54, 1.807) is 23.0 Å². The number of carbonyl (C=O) groups is 1. The number of benzene rings is 1. The predicted octanol–water partition coefficient (Wildman–Crippen LogP) is 2.78. The number of nitrogen functional groups attached to an aromatic ring is 1. The van der Waals surface area contributed by atoms with Gasteiger partial charge >= 0.3 is 0 Å². The molecule has 5 rings (SSSR count). The van der Waals surface area contributed by atoms with Crippen molar-refractivity contribution in [2.75, 3.05) is 5.73 Å². The van der Waals surface area contributed by atoms with Gasteiger partial charge < -0.3 is 16.2 Å². The number of carbonyl (C=O) groups excluding carboxylic acids is 1. The number of aromatic hydroxyl groups is 1. The Kier molecular flexibility index (Phi) is 3.42. The van der Waals surface area contributed by atoms with Gasteiger partial charge in [0.25, 0.3) is 5.91 Å². The van der Waals surface area contributed by atoms with E-state index >= 15 is 0 Å². The van der Waals surface area contributed by atoms with Crippen LogP contribution < -0.4 is 11.1 Å².